The van der Waals surface area contributed by atoms with E-state index in [1.54, 1.807) is 19.1 Å². The van der Waals surface area contributed by atoms with E-state index in [1.165, 1.54) is 10.7 Å². The first-order chi connectivity index (χ1) is 17.6. The number of nitrogen functional groups attached to an aromatic ring is 1. The Bertz CT molecular complexity index is 1590. The number of carbonyl (C=O) groups excluding carboxylic acids is 1. The van der Waals surface area contributed by atoms with Crippen LogP contribution in [0, 0.1) is 41.8 Å². The average Bonchev–Trinajstić information content (AvgIpc) is 3.42. The molecular formula is C24H15F6N5O2. The molecule has 0 saturated heterocycles. The van der Waals surface area contributed by atoms with Crippen molar-refractivity contribution in [3.63, 3.8) is 0 Å². The van der Waals surface area contributed by atoms with Crippen LogP contribution in [0.4, 0.5) is 32.3 Å². The summed E-state index contributed by atoms with van der Waals surface area (Å²) in [6.07, 6.45) is 1.24. The number of furan rings is 1. The van der Waals surface area contributed by atoms with Crippen molar-refractivity contribution in [1.82, 2.24) is 19.6 Å². The topological polar surface area (TPSA) is 99.3 Å². The largest absolute Gasteiger partial charge is 0.458 e. The van der Waals surface area contributed by atoms with Crippen LogP contribution >= 0.6 is 0 Å². The molecule has 5 aromatic rings. The molecule has 37 heavy (non-hydrogen) atoms. The molecule has 190 valence electrons. The highest BCUT2D eigenvalue weighted by atomic mass is 19.2. The van der Waals surface area contributed by atoms with Gasteiger partial charge in [0, 0.05) is 41.8 Å². The van der Waals surface area contributed by atoms with Gasteiger partial charge < -0.3 is 10.2 Å². The van der Waals surface area contributed by atoms with E-state index in [-0.39, 0.29) is 29.9 Å². The SMILES string of the molecule is Cc1ccc(-c2nc(N)nc3c(Cc4c(F)cc(F)cc4F)cnn23)o1.O=Cc1c(F)cc(F)cc1F. The number of hydrogen-bond donors (Lipinski definition) is 1. The Balaban J connectivity index is 0.000000245. The van der Waals surface area contributed by atoms with Gasteiger partial charge in [-0.1, -0.05) is 0 Å². The molecular weight excluding hydrogens is 504 g/mol. The third kappa shape index (κ3) is 5.29. The molecule has 2 aromatic carbocycles. The Hall–Kier alpha value is -4.68. The number of aryl methyl sites for hydroxylation is 1. The number of fused-ring (bicyclic) bond motifs is 1. The summed E-state index contributed by atoms with van der Waals surface area (Å²) < 4.78 is 84.9. The molecule has 0 fully saturated rings. The summed E-state index contributed by atoms with van der Waals surface area (Å²) in [6, 6.07) is 5.62. The Labute approximate surface area is 204 Å². The fraction of sp³-hybridized carbons (Fsp3) is 0.0833. The minimum absolute atomic E-state index is 0.00407. The number of halogens is 6. The fourth-order valence-corrected chi connectivity index (χ4v) is 3.38. The van der Waals surface area contributed by atoms with E-state index in [0.717, 1.165) is 0 Å². The van der Waals surface area contributed by atoms with Gasteiger partial charge in [-0.3, -0.25) is 4.79 Å². The van der Waals surface area contributed by atoms with Crippen molar-refractivity contribution in [3.05, 3.63) is 99.9 Å². The minimum Gasteiger partial charge on any atom is -0.458 e. The summed E-state index contributed by atoms with van der Waals surface area (Å²) in [4.78, 5) is 18.2. The van der Waals surface area contributed by atoms with E-state index in [1.807, 2.05) is 0 Å². The predicted molar refractivity (Wildman–Crippen MR) is 118 cm³/mol. The molecule has 3 heterocycles. The van der Waals surface area contributed by atoms with E-state index < -0.39 is 40.5 Å². The summed E-state index contributed by atoms with van der Waals surface area (Å²) in [7, 11) is 0. The zero-order valence-electron chi connectivity index (χ0n) is 18.8. The standard InChI is InChI=1S/C17H12F3N5O.C7H3F3O/c1-8-2-3-14(26-8)16-24-17(21)23-15-9(7-22-25(15)16)4-11-12(19)5-10(18)6-13(11)20;8-4-1-6(9)5(3-11)7(10)2-4/h2-3,5-7H,4H2,1H3,(H2,21,23);1-3H. The van der Waals surface area contributed by atoms with Crippen LogP contribution in [0.3, 0.4) is 0 Å². The zero-order chi connectivity index (χ0) is 26.9. The number of nitrogens with zero attached hydrogens (tertiary/aromatic N) is 4. The molecule has 0 aliphatic carbocycles. The van der Waals surface area contributed by atoms with Gasteiger partial charge in [-0.15, -0.1) is 0 Å². The van der Waals surface area contributed by atoms with Crippen molar-refractivity contribution in [1.29, 1.82) is 0 Å². The summed E-state index contributed by atoms with van der Waals surface area (Å²) in [6.45, 7) is 1.78. The monoisotopic (exact) mass is 519 g/mol. The van der Waals surface area contributed by atoms with Gasteiger partial charge in [-0.2, -0.15) is 19.6 Å². The Morgan fingerprint density at radius 3 is 2.05 bits per heavy atom. The smallest absolute Gasteiger partial charge is 0.224 e. The number of aromatic nitrogens is 4. The maximum atomic E-state index is 13.9. The number of carbonyl (C=O) groups is 1. The lowest BCUT2D eigenvalue weighted by atomic mass is 10.1. The fourth-order valence-electron chi connectivity index (χ4n) is 3.38. The molecule has 0 amide bonds. The van der Waals surface area contributed by atoms with Crippen LogP contribution in [-0.2, 0) is 6.42 Å². The zero-order valence-corrected chi connectivity index (χ0v) is 18.8. The highest BCUT2D eigenvalue weighted by molar-refractivity contribution is 5.75. The second-order valence-corrected chi connectivity index (χ2v) is 7.65. The summed E-state index contributed by atoms with van der Waals surface area (Å²) >= 11 is 0. The molecule has 0 unspecified atom stereocenters. The number of aldehydes is 1. The Morgan fingerprint density at radius 1 is 0.919 bits per heavy atom. The lowest BCUT2D eigenvalue weighted by Crippen LogP contribution is -2.05. The van der Waals surface area contributed by atoms with Gasteiger partial charge in [0.25, 0.3) is 0 Å². The van der Waals surface area contributed by atoms with Crippen molar-refractivity contribution in [2.24, 2.45) is 0 Å². The molecule has 0 aliphatic rings. The maximum absolute atomic E-state index is 13.9. The predicted octanol–water partition coefficient (Wildman–Crippen LogP) is 5.20. The van der Waals surface area contributed by atoms with Gasteiger partial charge in [-0.25, -0.2) is 26.3 Å². The Morgan fingerprint density at radius 2 is 1.51 bits per heavy atom. The molecule has 2 N–H and O–H groups in total. The molecule has 7 nitrogen and oxygen atoms in total. The van der Waals surface area contributed by atoms with Crippen LogP contribution in [0.1, 0.15) is 27.2 Å². The van der Waals surface area contributed by atoms with E-state index >= 15 is 0 Å². The van der Waals surface area contributed by atoms with Crippen LogP contribution in [0.5, 0.6) is 0 Å². The van der Waals surface area contributed by atoms with Gasteiger partial charge in [0.15, 0.2) is 17.7 Å². The lowest BCUT2D eigenvalue weighted by molar-refractivity contribution is 0.111. The maximum Gasteiger partial charge on any atom is 0.224 e. The summed E-state index contributed by atoms with van der Waals surface area (Å²) in [5.41, 5.74) is 5.43. The number of hydrogen-bond acceptors (Lipinski definition) is 6. The molecule has 3 aromatic heterocycles. The average molecular weight is 519 g/mol. The van der Waals surface area contributed by atoms with Crippen molar-refractivity contribution < 1.29 is 35.6 Å². The second kappa shape index (κ2) is 10.1. The molecule has 0 spiro atoms. The molecule has 0 bridgehead atoms. The quantitative estimate of drug-likeness (QED) is 0.259. The van der Waals surface area contributed by atoms with Crippen LogP contribution in [-0.4, -0.2) is 25.9 Å². The minimum atomic E-state index is -1.18. The number of benzene rings is 2. The van der Waals surface area contributed by atoms with Gasteiger partial charge in [0.05, 0.1) is 11.8 Å². The van der Waals surface area contributed by atoms with Crippen molar-refractivity contribution >= 4 is 17.9 Å². The highest BCUT2D eigenvalue weighted by Crippen LogP contribution is 2.25. The van der Waals surface area contributed by atoms with E-state index in [4.69, 9.17) is 10.2 Å². The molecule has 0 radical (unpaired) electrons. The molecule has 13 heteroatoms. The van der Waals surface area contributed by atoms with Gasteiger partial charge in [0.1, 0.15) is 40.7 Å². The van der Waals surface area contributed by atoms with Crippen LogP contribution in [0.25, 0.3) is 17.2 Å². The second-order valence-electron chi connectivity index (χ2n) is 7.65. The van der Waals surface area contributed by atoms with Crippen LogP contribution < -0.4 is 5.73 Å². The van der Waals surface area contributed by atoms with Gasteiger partial charge in [-0.05, 0) is 19.1 Å². The highest BCUT2D eigenvalue weighted by Gasteiger charge is 2.19. The Kier molecular flexibility index (Phi) is 6.96. The van der Waals surface area contributed by atoms with E-state index in [2.05, 4.69) is 15.1 Å². The van der Waals surface area contributed by atoms with Gasteiger partial charge in [0.2, 0.25) is 11.8 Å². The molecule has 0 aliphatic heterocycles. The number of rotatable bonds is 4. The van der Waals surface area contributed by atoms with Crippen molar-refractivity contribution in [2.45, 2.75) is 13.3 Å². The molecule has 5 rings (SSSR count). The normalized spacial score (nSPS) is 10.9. The summed E-state index contributed by atoms with van der Waals surface area (Å²) in [5, 5.41) is 4.18. The third-order valence-corrected chi connectivity index (χ3v) is 5.05. The third-order valence-electron chi connectivity index (χ3n) is 5.05. The van der Waals surface area contributed by atoms with E-state index in [9.17, 15) is 31.1 Å². The van der Waals surface area contributed by atoms with Crippen LogP contribution in [0.2, 0.25) is 0 Å². The van der Waals surface area contributed by atoms with Gasteiger partial charge >= 0.3 is 0 Å². The summed E-state index contributed by atoms with van der Waals surface area (Å²) in [5.74, 6) is -4.97. The first kappa shape index (κ1) is 25.4. The van der Waals surface area contributed by atoms with Crippen LogP contribution in [0.15, 0.2) is 47.0 Å². The number of anilines is 1. The first-order valence-electron chi connectivity index (χ1n) is 10.4. The molecule has 0 atom stereocenters. The molecule has 0 saturated carbocycles. The van der Waals surface area contributed by atoms with Crippen molar-refractivity contribution in [3.8, 4) is 11.6 Å². The van der Waals surface area contributed by atoms with Crippen molar-refractivity contribution in [2.75, 3.05) is 5.73 Å². The number of nitrogens with two attached hydrogens (primary N) is 1. The van der Waals surface area contributed by atoms with E-state index in [0.29, 0.717) is 47.2 Å². The first-order valence-corrected chi connectivity index (χ1v) is 10.4. The lowest BCUT2D eigenvalue weighted by Gasteiger charge is -2.06.